The quantitative estimate of drug-likeness (QED) is 0.574. The van der Waals surface area contributed by atoms with Crippen molar-refractivity contribution in [2.75, 3.05) is 5.32 Å². The summed E-state index contributed by atoms with van der Waals surface area (Å²) in [5.74, 6) is -0.652. The van der Waals surface area contributed by atoms with Crippen LogP contribution in [-0.2, 0) is 13.2 Å². The normalized spacial score (nSPS) is 10.4. The Balaban J connectivity index is 1.61. The van der Waals surface area contributed by atoms with Gasteiger partial charge >= 0.3 is 5.97 Å². The molecule has 3 aromatic carbocycles. The van der Waals surface area contributed by atoms with Crippen LogP contribution in [0.15, 0.2) is 66.7 Å². The summed E-state index contributed by atoms with van der Waals surface area (Å²) >= 11 is 5.88. The Morgan fingerprint density at radius 1 is 1.04 bits per heavy atom. The Morgan fingerprint density at radius 2 is 1.81 bits per heavy atom. The van der Waals surface area contributed by atoms with Crippen molar-refractivity contribution in [1.29, 1.82) is 0 Å². The van der Waals surface area contributed by atoms with E-state index in [-0.39, 0.29) is 16.4 Å². The van der Waals surface area contributed by atoms with Gasteiger partial charge in [0.15, 0.2) is 0 Å². The van der Waals surface area contributed by atoms with Crippen LogP contribution in [0.25, 0.3) is 0 Å². The lowest BCUT2D eigenvalue weighted by Gasteiger charge is -2.11. The minimum absolute atomic E-state index is 0.0537. The van der Waals surface area contributed by atoms with Gasteiger partial charge in [-0.3, -0.25) is 0 Å². The molecule has 0 fully saturated rings. The lowest BCUT2D eigenvalue weighted by atomic mass is 10.1. The molecule has 0 atom stereocenters. The van der Waals surface area contributed by atoms with Gasteiger partial charge in [-0.15, -0.1) is 0 Å². The molecule has 0 bridgehead atoms. The first-order chi connectivity index (χ1) is 13.0. The fourth-order valence-electron chi connectivity index (χ4n) is 2.50. The number of benzene rings is 3. The SMILES string of the molecule is O=C(O)c1cc(NCc2cccc(OCc3ccc(F)cc3)c2)ccc1Cl. The lowest BCUT2D eigenvalue weighted by Crippen LogP contribution is -2.03. The molecular weight excluding hydrogens is 369 g/mol. The van der Waals surface area contributed by atoms with E-state index in [2.05, 4.69) is 5.32 Å². The van der Waals surface area contributed by atoms with Gasteiger partial charge in [-0.25, -0.2) is 9.18 Å². The number of hydrogen-bond donors (Lipinski definition) is 2. The van der Waals surface area contributed by atoms with Gasteiger partial charge in [-0.1, -0.05) is 35.9 Å². The van der Waals surface area contributed by atoms with Gasteiger partial charge in [0.25, 0.3) is 0 Å². The Kier molecular flexibility index (Phi) is 5.94. The van der Waals surface area contributed by atoms with Crippen molar-refractivity contribution in [2.24, 2.45) is 0 Å². The van der Waals surface area contributed by atoms with Crippen LogP contribution < -0.4 is 10.1 Å². The van der Waals surface area contributed by atoms with E-state index >= 15 is 0 Å². The average molecular weight is 386 g/mol. The van der Waals surface area contributed by atoms with Crippen LogP contribution in [0.5, 0.6) is 5.75 Å². The fourth-order valence-corrected chi connectivity index (χ4v) is 2.69. The van der Waals surface area contributed by atoms with Gasteiger partial charge in [0.1, 0.15) is 18.2 Å². The van der Waals surface area contributed by atoms with Crippen LogP contribution in [-0.4, -0.2) is 11.1 Å². The molecule has 0 amide bonds. The molecule has 0 aliphatic heterocycles. The summed E-state index contributed by atoms with van der Waals surface area (Å²) in [5.41, 5.74) is 2.56. The first-order valence-corrected chi connectivity index (χ1v) is 8.62. The molecule has 0 radical (unpaired) electrons. The van der Waals surface area contributed by atoms with E-state index in [1.165, 1.54) is 18.2 Å². The van der Waals surface area contributed by atoms with Crippen LogP contribution in [0.4, 0.5) is 10.1 Å². The summed E-state index contributed by atoms with van der Waals surface area (Å²) < 4.78 is 18.7. The zero-order valence-electron chi connectivity index (χ0n) is 14.3. The van der Waals surface area contributed by atoms with E-state index in [1.54, 1.807) is 24.3 Å². The van der Waals surface area contributed by atoms with Crippen LogP contribution in [0.3, 0.4) is 0 Å². The molecule has 0 heterocycles. The van der Waals surface area contributed by atoms with Crippen LogP contribution in [0, 0.1) is 5.82 Å². The molecule has 0 unspecified atom stereocenters. The second-order valence-electron chi connectivity index (χ2n) is 5.92. The first-order valence-electron chi connectivity index (χ1n) is 8.24. The Hall–Kier alpha value is -3.05. The maximum absolute atomic E-state index is 12.9. The number of halogens is 2. The van der Waals surface area contributed by atoms with Crippen LogP contribution in [0.2, 0.25) is 5.02 Å². The Bertz CT molecular complexity index is 944. The standard InChI is InChI=1S/C21H17ClFNO3/c22-20-9-8-17(11-19(20)21(25)26)24-12-15-2-1-3-18(10-15)27-13-14-4-6-16(23)7-5-14/h1-11,24H,12-13H2,(H,25,26). The smallest absolute Gasteiger partial charge is 0.337 e. The highest BCUT2D eigenvalue weighted by molar-refractivity contribution is 6.33. The van der Waals surface area contributed by atoms with E-state index in [9.17, 15) is 9.18 Å². The number of anilines is 1. The number of hydrogen-bond acceptors (Lipinski definition) is 3. The monoisotopic (exact) mass is 385 g/mol. The highest BCUT2D eigenvalue weighted by Crippen LogP contribution is 2.22. The molecule has 4 nitrogen and oxygen atoms in total. The number of nitrogens with one attached hydrogen (secondary N) is 1. The van der Waals surface area contributed by atoms with Crippen molar-refractivity contribution < 1.29 is 19.0 Å². The van der Waals surface area contributed by atoms with Gasteiger partial charge in [0.05, 0.1) is 10.6 Å². The highest BCUT2D eigenvalue weighted by atomic mass is 35.5. The molecule has 0 saturated carbocycles. The minimum Gasteiger partial charge on any atom is -0.489 e. The molecule has 0 spiro atoms. The number of carboxylic acids is 1. The fraction of sp³-hybridized carbons (Fsp3) is 0.0952. The van der Waals surface area contributed by atoms with Crippen molar-refractivity contribution in [1.82, 2.24) is 0 Å². The summed E-state index contributed by atoms with van der Waals surface area (Å²) in [6.45, 7) is 0.838. The Morgan fingerprint density at radius 3 is 2.56 bits per heavy atom. The summed E-state index contributed by atoms with van der Waals surface area (Å²) in [5, 5.41) is 12.5. The molecule has 3 aromatic rings. The molecular formula is C21H17ClFNO3. The summed E-state index contributed by atoms with van der Waals surface area (Å²) in [4.78, 5) is 11.2. The van der Waals surface area contributed by atoms with Crippen LogP contribution in [0.1, 0.15) is 21.5 Å². The van der Waals surface area contributed by atoms with E-state index in [0.717, 1.165) is 11.1 Å². The van der Waals surface area contributed by atoms with E-state index < -0.39 is 5.97 Å². The zero-order chi connectivity index (χ0) is 19.2. The van der Waals surface area contributed by atoms with Crippen molar-refractivity contribution >= 4 is 23.3 Å². The van der Waals surface area contributed by atoms with E-state index in [0.29, 0.717) is 24.6 Å². The average Bonchev–Trinajstić information content (AvgIpc) is 2.67. The molecule has 0 saturated heterocycles. The summed E-state index contributed by atoms with van der Waals surface area (Å²) in [6, 6.07) is 18.5. The van der Waals surface area contributed by atoms with Gasteiger partial charge in [-0.2, -0.15) is 0 Å². The number of carboxylic acid groups (broad SMARTS) is 1. The molecule has 6 heteroatoms. The van der Waals surface area contributed by atoms with E-state index in [4.69, 9.17) is 21.4 Å². The first kappa shape index (κ1) is 18.7. The van der Waals surface area contributed by atoms with Crippen LogP contribution >= 0.6 is 11.6 Å². The van der Waals surface area contributed by atoms with Gasteiger partial charge in [0.2, 0.25) is 0 Å². The number of aromatic carboxylic acids is 1. The third-order valence-electron chi connectivity index (χ3n) is 3.91. The Labute approximate surface area is 161 Å². The third kappa shape index (κ3) is 5.21. The van der Waals surface area contributed by atoms with E-state index in [1.807, 2.05) is 24.3 Å². The van der Waals surface area contributed by atoms with Gasteiger partial charge in [0, 0.05) is 12.2 Å². The lowest BCUT2D eigenvalue weighted by molar-refractivity contribution is 0.0697. The maximum atomic E-state index is 12.9. The topological polar surface area (TPSA) is 58.6 Å². The molecule has 138 valence electrons. The molecule has 2 N–H and O–H groups in total. The molecule has 0 aliphatic carbocycles. The highest BCUT2D eigenvalue weighted by Gasteiger charge is 2.09. The van der Waals surface area contributed by atoms with Crippen molar-refractivity contribution in [2.45, 2.75) is 13.2 Å². The summed E-state index contributed by atoms with van der Waals surface area (Å²) in [7, 11) is 0. The van der Waals surface area contributed by atoms with Crippen molar-refractivity contribution in [3.8, 4) is 5.75 Å². The molecule has 0 aliphatic rings. The zero-order valence-corrected chi connectivity index (χ0v) is 15.0. The summed E-state index contributed by atoms with van der Waals surface area (Å²) in [6.07, 6.45) is 0. The minimum atomic E-state index is -1.07. The maximum Gasteiger partial charge on any atom is 0.337 e. The largest absolute Gasteiger partial charge is 0.489 e. The number of ether oxygens (including phenoxy) is 1. The van der Waals surface area contributed by atoms with Crippen molar-refractivity contribution in [3.63, 3.8) is 0 Å². The second-order valence-corrected chi connectivity index (χ2v) is 6.32. The molecule has 3 rings (SSSR count). The van der Waals surface area contributed by atoms with Crippen molar-refractivity contribution in [3.05, 3.63) is 94.3 Å². The second kappa shape index (κ2) is 8.56. The van der Waals surface area contributed by atoms with Gasteiger partial charge < -0.3 is 15.2 Å². The number of rotatable bonds is 7. The third-order valence-corrected chi connectivity index (χ3v) is 4.24. The predicted octanol–water partition coefficient (Wildman–Crippen LogP) is 5.37. The number of carbonyl (C=O) groups is 1. The predicted molar refractivity (Wildman–Crippen MR) is 103 cm³/mol. The van der Waals surface area contributed by atoms with Gasteiger partial charge in [-0.05, 0) is 53.6 Å². The molecule has 27 heavy (non-hydrogen) atoms. The molecule has 0 aromatic heterocycles.